The fraction of sp³-hybridized carbons (Fsp3) is 0.250. The topological polar surface area (TPSA) is 89.5 Å². The Balaban J connectivity index is 1.77. The summed E-state index contributed by atoms with van der Waals surface area (Å²) in [6.45, 7) is 2.08. The van der Waals surface area contributed by atoms with Gasteiger partial charge in [0.2, 0.25) is 5.82 Å². The van der Waals surface area contributed by atoms with Gasteiger partial charge in [-0.1, -0.05) is 30.8 Å². The Labute approximate surface area is 237 Å². The predicted molar refractivity (Wildman–Crippen MR) is 144 cm³/mol. The molecule has 0 spiro atoms. The number of hydrazone groups is 1. The molecule has 8 nitrogen and oxygen atoms in total. The number of ether oxygens (including phenoxy) is 3. The molecule has 1 N–H and O–H groups in total. The molecule has 1 atom stereocenters. The van der Waals surface area contributed by atoms with Gasteiger partial charge in [0.15, 0.2) is 35.5 Å². The molecule has 1 aliphatic heterocycles. The van der Waals surface area contributed by atoms with Crippen molar-refractivity contribution < 1.29 is 41.4 Å². The van der Waals surface area contributed by atoms with E-state index in [1.807, 2.05) is 6.92 Å². The van der Waals surface area contributed by atoms with Crippen LogP contribution in [0.15, 0.2) is 53.6 Å². The van der Waals surface area contributed by atoms with Crippen LogP contribution in [0, 0.1) is 23.3 Å². The molecule has 3 aromatic rings. The minimum Gasteiger partial charge on any atom is -0.492 e. The number of hydrogen-bond donors (Lipinski definition) is 1. The molecule has 0 fully saturated rings. The lowest BCUT2D eigenvalue weighted by molar-refractivity contribution is -0.123. The molecule has 2 amide bonds. The Kier molecular flexibility index (Phi) is 9.38. The predicted octanol–water partition coefficient (Wildman–Crippen LogP) is 5.41. The number of hydrogen-bond acceptors (Lipinski definition) is 7. The quantitative estimate of drug-likeness (QED) is 0.251. The normalized spacial score (nSPS) is 14.5. The van der Waals surface area contributed by atoms with Crippen molar-refractivity contribution in [1.82, 2.24) is 10.3 Å². The molecular weight excluding hydrogens is 566 g/mol. The standard InChI is InChI=1S/C28H25F4N3O5S/c1-4-12-33-21(36)14-40-20-7-5-6-17(24(20)38-2)28-35(34-26(41-28)15-8-10-16(29)11-9-15)27(37)18-13-19(30)23(32)25(39-3)22(18)31/h5-11,13,28H,4,12,14H2,1-3H3,(H,33,36). The molecule has 0 saturated heterocycles. The number of para-hydroxylation sites is 1. The van der Waals surface area contributed by atoms with Crippen LogP contribution in [0.2, 0.25) is 0 Å². The summed E-state index contributed by atoms with van der Waals surface area (Å²) in [5.41, 5.74) is -0.0402. The molecule has 216 valence electrons. The van der Waals surface area contributed by atoms with E-state index in [2.05, 4.69) is 15.2 Å². The molecular formula is C28H25F4N3O5S. The fourth-order valence-corrected chi connectivity index (χ4v) is 5.13. The van der Waals surface area contributed by atoms with Crippen LogP contribution in [-0.2, 0) is 4.79 Å². The summed E-state index contributed by atoms with van der Waals surface area (Å²) in [5, 5.41) is 7.15. The van der Waals surface area contributed by atoms with Gasteiger partial charge in [0.05, 0.1) is 19.8 Å². The molecule has 1 aliphatic rings. The first kappa shape index (κ1) is 29.7. The Morgan fingerprint density at radius 3 is 2.37 bits per heavy atom. The number of thioether (sulfide) groups is 1. The van der Waals surface area contributed by atoms with Gasteiger partial charge in [0.25, 0.3) is 11.8 Å². The molecule has 3 aromatic carbocycles. The second kappa shape index (κ2) is 12.9. The highest BCUT2D eigenvalue weighted by Crippen LogP contribution is 2.48. The van der Waals surface area contributed by atoms with Gasteiger partial charge in [0, 0.05) is 17.7 Å². The van der Waals surface area contributed by atoms with Gasteiger partial charge >= 0.3 is 0 Å². The summed E-state index contributed by atoms with van der Waals surface area (Å²) in [4.78, 5) is 25.7. The van der Waals surface area contributed by atoms with Gasteiger partial charge in [-0.2, -0.15) is 9.49 Å². The van der Waals surface area contributed by atoms with E-state index in [-0.39, 0.29) is 29.1 Å². The monoisotopic (exact) mass is 591 g/mol. The zero-order valence-electron chi connectivity index (χ0n) is 22.2. The third-order valence-corrected chi connectivity index (χ3v) is 7.12. The molecule has 0 aromatic heterocycles. The van der Waals surface area contributed by atoms with Crippen molar-refractivity contribution in [2.75, 3.05) is 27.4 Å². The number of carbonyl (C=O) groups is 2. The molecule has 0 saturated carbocycles. The minimum absolute atomic E-state index is 0.157. The average Bonchev–Trinajstić information content (AvgIpc) is 3.42. The van der Waals surface area contributed by atoms with Crippen molar-refractivity contribution in [2.24, 2.45) is 5.10 Å². The second-order valence-corrected chi connectivity index (χ2v) is 9.69. The largest absolute Gasteiger partial charge is 0.492 e. The number of benzene rings is 3. The van der Waals surface area contributed by atoms with Crippen molar-refractivity contribution in [3.8, 4) is 17.2 Å². The summed E-state index contributed by atoms with van der Waals surface area (Å²) in [6, 6.07) is 10.5. The maximum absolute atomic E-state index is 15.1. The molecule has 1 unspecified atom stereocenters. The van der Waals surface area contributed by atoms with E-state index in [0.29, 0.717) is 23.7 Å². The minimum atomic E-state index is -1.58. The Bertz CT molecular complexity index is 1490. The number of nitrogens with one attached hydrogen (secondary N) is 1. The maximum Gasteiger partial charge on any atom is 0.278 e. The van der Waals surface area contributed by atoms with Crippen LogP contribution in [0.25, 0.3) is 0 Å². The molecule has 0 aliphatic carbocycles. The van der Waals surface area contributed by atoms with Crippen molar-refractivity contribution in [3.63, 3.8) is 0 Å². The van der Waals surface area contributed by atoms with Crippen molar-refractivity contribution in [3.05, 3.63) is 88.5 Å². The van der Waals surface area contributed by atoms with Crippen LogP contribution in [-0.4, -0.2) is 49.2 Å². The zero-order chi connectivity index (χ0) is 29.7. The zero-order valence-corrected chi connectivity index (χ0v) is 23.0. The molecule has 0 radical (unpaired) electrons. The Morgan fingerprint density at radius 1 is 1.00 bits per heavy atom. The third kappa shape index (κ3) is 6.24. The average molecular weight is 592 g/mol. The number of amides is 2. The fourth-order valence-electron chi connectivity index (χ4n) is 3.95. The summed E-state index contributed by atoms with van der Waals surface area (Å²) < 4.78 is 73.0. The highest BCUT2D eigenvalue weighted by molar-refractivity contribution is 8.14. The second-order valence-electron chi connectivity index (χ2n) is 8.62. The van der Waals surface area contributed by atoms with Crippen LogP contribution in [0.4, 0.5) is 17.6 Å². The van der Waals surface area contributed by atoms with E-state index in [9.17, 15) is 22.8 Å². The van der Waals surface area contributed by atoms with Crippen molar-refractivity contribution in [2.45, 2.75) is 18.7 Å². The summed E-state index contributed by atoms with van der Waals surface area (Å²) in [7, 11) is 2.30. The highest BCUT2D eigenvalue weighted by Gasteiger charge is 2.39. The number of nitrogens with zero attached hydrogens (tertiary/aromatic N) is 2. The summed E-state index contributed by atoms with van der Waals surface area (Å²) >= 11 is 1.05. The first-order chi connectivity index (χ1) is 19.7. The number of carbonyl (C=O) groups excluding carboxylic acids is 2. The lowest BCUT2D eigenvalue weighted by Gasteiger charge is -2.24. The van der Waals surface area contributed by atoms with Crippen LogP contribution in [0.3, 0.4) is 0 Å². The SMILES string of the molecule is CCCNC(=O)COc1cccc(C2SC(c3ccc(F)cc3)=NN2C(=O)c2cc(F)c(F)c(OC)c2F)c1OC. The molecule has 41 heavy (non-hydrogen) atoms. The van der Waals surface area contributed by atoms with Crippen LogP contribution in [0.1, 0.15) is 40.2 Å². The number of rotatable bonds is 10. The highest BCUT2D eigenvalue weighted by atomic mass is 32.2. The first-order valence-electron chi connectivity index (χ1n) is 12.3. The lowest BCUT2D eigenvalue weighted by atomic mass is 10.1. The molecule has 4 rings (SSSR count). The number of methoxy groups -OCH3 is 2. The smallest absolute Gasteiger partial charge is 0.278 e. The maximum atomic E-state index is 15.1. The van der Waals surface area contributed by atoms with Gasteiger partial charge in [-0.3, -0.25) is 9.59 Å². The van der Waals surface area contributed by atoms with Gasteiger partial charge < -0.3 is 19.5 Å². The van der Waals surface area contributed by atoms with Gasteiger partial charge in [-0.05, 0) is 42.8 Å². The number of halogens is 4. The van der Waals surface area contributed by atoms with Gasteiger partial charge in [-0.15, -0.1) is 0 Å². The third-order valence-electron chi connectivity index (χ3n) is 5.90. The summed E-state index contributed by atoms with van der Waals surface area (Å²) in [6.07, 6.45) is 0.744. The van der Waals surface area contributed by atoms with Gasteiger partial charge in [0.1, 0.15) is 16.2 Å². The van der Waals surface area contributed by atoms with Gasteiger partial charge in [-0.25, -0.2) is 18.2 Å². The van der Waals surface area contributed by atoms with E-state index < -0.39 is 45.9 Å². The van der Waals surface area contributed by atoms with E-state index in [1.165, 1.54) is 31.4 Å². The van der Waals surface area contributed by atoms with Crippen LogP contribution < -0.4 is 19.5 Å². The lowest BCUT2D eigenvalue weighted by Crippen LogP contribution is -2.29. The molecule has 1 heterocycles. The Morgan fingerprint density at radius 2 is 1.71 bits per heavy atom. The van der Waals surface area contributed by atoms with Crippen LogP contribution in [0.5, 0.6) is 17.2 Å². The molecule has 0 bridgehead atoms. The van der Waals surface area contributed by atoms with Crippen molar-refractivity contribution >= 4 is 28.6 Å². The molecule has 13 heteroatoms. The van der Waals surface area contributed by atoms with E-state index in [4.69, 9.17) is 9.47 Å². The first-order valence-corrected chi connectivity index (χ1v) is 13.2. The van der Waals surface area contributed by atoms with Crippen molar-refractivity contribution in [1.29, 1.82) is 0 Å². The van der Waals surface area contributed by atoms with E-state index >= 15 is 4.39 Å². The van der Waals surface area contributed by atoms with E-state index in [0.717, 1.165) is 30.3 Å². The summed E-state index contributed by atoms with van der Waals surface area (Å²) in [5.74, 6) is -7.16. The van der Waals surface area contributed by atoms with E-state index in [1.54, 1.807) is 18.2 Å². The Hall–Kier alpha value is -4.26. The van der Waals surface area contributed by atoms with Crippen LogP contribution >= 0.6 is 11.8 Å².